The van der Waals surface area contributed by atoms with E-state index in [9.17, 15) is 9.59 Å². The fourth-order valence-corrected chi connectivity index (χ4v) is 5.81. The Morgan fingerprint density at radius 3 is 2.79 bits per heavy atom. The second-order valence-electron chi connectivity index (χ2n) is 7.57. The number of nitrogens with zero attached hydrogens (tertiary/aromatic N) is 2. The van der Waals surface area contributed by atoms with Crippen LogP contribution in [-0.4, -0.2) is 40.5 Å². The van der Waals surface area contributed by atoms with Gasteiger partial charge in [0, 0.05) is 30.7 Å². The van der Waals surface area contributed by atoms with Gasteiger partial charge in [0.05, 0.1) is 10.6 Å². The highest BCUT2D eigenvalue weighted by Crippen LogP contribution is 2.35. The van der Waals surface area contributed by atoms with E-state index in [1.807, 2.05) is 32.3 Å². The Morgan fingerprint density at radius 2 is 2.10 bits per heavy atom. The maximum atomic E-state index is 13.4. The lowest BCUT2D eigenvalue weighted by molar-refractivity contribution is -0.120. The third-order valence-corrected chi connectivity index (χ3v) is 7.68. The Bertz CT molecular complexity index is 916. The van der Waals surface area contributed by atoms with Gasteiger partial charge in [-0.1, -0.05) is 24.6 Å². The number of carbonyl (C=O) groups excluding carboxylic acids is 1. The first kappa shape index (κ1) is 22.3. The highest BCUT2D eigenvalue weighted by atomic mass is 32.2. The van der Waals surface area contributed by atoms with Crippen molar-refractivity contribution in [2.24, 2.45) is 0 Å². The lowest BCUT2D eigenvalue weighted by Crippen LogP contribution is -2.33. The number of thioether (sulfide) groups is 1. The first-order chi connectivity index (χ1) is 13.9. The fourth-order valence-electron chi connectivity index (χ4n) is 3.74. The lowest BCUT2D eigenvalue weighted by atomic mass is 10.2. The summed E-state index contributed by atoms with van der Waals surface area (Å²) in [5.74, 6) is -0.0302. The normalized spacial score (nSPS) is 15.9. The molecule has 1 atom stereocenters. The number of ether oxygens (including phenoxy) is 1. The van der Waals surface area contributed by atoms with Gasteiger partial charge in [0.25, 0.3) is 5.56 Å². The van der Waals surface area contributed by atoms with Gasteiger partial charge in [-0.15, -0.1) is 11.3 Å². The molecule has 1 unspecified atom stereocenters. The van der Waals surface area contributed by atoms with Crippen LogP contribution in [-0.2, 0) is 9.53 Å². The predicted molar refractivity (Wildman–Crippen MR) is 120 cm³/mol. The molecule has 0 aliphatic heterocycles. The smallest absolute Gasteiger partial charge is 0.263 e. The molecule has 1 fully saturated rings. The molecule has 2 heterocycles. The molecule has 1 aliphatic carbocycles. The highest BCUT2D eigenvalue weighted by molar-refractivity contribution is 8.00. The van der Waals surface area contributed by atoms with Crippen LogP contribution in [0, 0.1) is 13.8 Å². The van der Waals surface area contributed by atoms with Crippen LogP contribution in [0.1, 0.15) is 62.4 Å². The van der Waals surface area contributed by atoms with E-state index in [2.05, 4.69) is 5.32 Å². The average Bonchev–Trinajstić information content (AvgIpc) is 3.30. The number of nitrogens with one attached hydrogen (secondary N) is 1. The Balaban J connectivity index is 1.83. The molecule has 8 heteroatoms. The van der Waals surface area contributed by atoms with E-state index in [1.54, 1.807) is 11.3 Å². The summed E-state index contributed by atoms with van der Waals surface area (Å²) in [7, 11) is 0. The highest BCUT2D eigenvalue weighted by Gasteiger charge is 2.27. The van der Waals surface area contributed by atoms with Crippen molar-refractivity contribution < 1.29 is 9.53 Å². The van der Waals surface area contributed by atoms with Crippen LogP contribution in [0.3, 0.4) is 0 Å². The Hall–Kier alpha value is -1.38. The minimum absolute atomic E-state index is 0.0302. The fraction of sp³-hybridized carbons (Fsp3) is 0.667. The molecular formula is C21H31N3O3S2. The van der Waals surface area contributed by atoms with Gasteiger partial charge in [-0.05, 0) is 52.5 Å². The Morgan fingerprint density at radius 1 is 1.38 bits per heavy atom. The third-order valence-electron chi connectivity index (χ3n) is 5.51. The predicted octanol–water partition coefficient (Wildman–Crippen LogP) is 4.21. The summed E-state index contributed by atoms with van der Waals surface area (Å²) in [6, 6.07) is 0.183. The summed E-state index contributed by atoms with van der Waals surface area (Å²) in [6.07, 6.45) is 5.07. The van der Waals surface area contributed by atoms with Gasteiger partial charge in [0.15, 0.2) is 5.16 Å². The zero-order chi connectivity index (χ0) is 21.0. The van der Waals surface area contributed by atoms with Crippen LogP contribution in [0.5, 0.6) is 0 Å². The lowest BCUT2D eigenvalue weighted by Gasteiger charge is -2.20. The zero-order valence-corrected chi connectivity index (χ0v) is 19.4. The van der Waals surface area contributed by atoms with Crippen LogP contribution in [0.15, 0.2) is 9.95 Å². The number of amides is 1. The third kappa shape index (κ3) is 5.03. The second kappa shape index (κ2) is 10.1. The number of fused-ring (bicyclic) bond motifs is 1. The van der Waals surface area contributed by atoms with E-state index in [4.69, 9.17) is 9.72 Å². The summed E-state index contributed by atoms with van der Waals surface area (Å²) >= 11 is 2.96. The molecule has 1 amide bonds. The van der Waals surface area contributed by atoms with Gasteiger partial charge >= 0.3 is 0 Å². The van der Waals surface area contributed by atoms with Crippen molar-refractivity contribution in [3.05, 3.63) is 20.8 Å². The molecule has 0 bridgehead atoms. The average molecular weight is 438 g/mol. The van der Waals surface area contributed by atoms with E-state index in [0.717, 1.165) is 52.8 Å². The number of hydrogen-bond acceptors (Lipinski definition) is 6. The summed E-state index contributed by atoms with van der Waals surface area (Å²) in [6.45, 7) is 9.80. The largest absolute Gasteiger partial charge is 0.382 e. The number of thiophene rings is 1. The van der Waals surface area contributed by atoms with Gasteiger partial charge in [0.2, 0.25) is 5.91 Å². The first-order valence-electron chi connectivity index (χ1n) is 10.5. The maximum Gasteiger partial charge on any atom is 0.263 e. The molecular weight excluding hydrogens is 406 g/mol. The van der Waals surface area contributed by atoms with Crippen molar-refractivity contribution in [3.8, 4) is 0 Å². The van der Waals surface area contributed by atoms with Crippen molar-refractivity contribution in [1.82, 2.24) is 14.9 Å². The summed E-state index contributed by atoms with van der Waals surface area (Å²) in [5, 5.41) is 4.07. The second-order valence-corrected chi connectivity index (χ2v) is 10.1. The van der Waals surface area contributed by atoms with Crippen LogP contribution in [0.2, 0.25) is 0 Å². The maximum absolute atomic E-state index is 13.4. The summed E-state index contributed by atoms with van der Waals surface area (Å²) < 4.78 is 7.18. The molecule has 29 heavy (non-hydrogen) atoms. The van der Waals surface area contributed by atoms with E-state index < -0.39 is 0 Å². The van der Waals surface area contributed by atoms with E-state index in [-0.39, 0.29) is 22.8 Å². The molecule has 0 spiro atoms. The van der Waals surface area contributed by atoms with E-state index in [1.165, 1.54) is 11.8 Å². The van der Waals surface area contributed by atoms with Crippen LogP contribution in [0.25, 0.3) is 10.2 Å². The monoisotopic (exact) mass is 437 g/mol. The molecule has 0 saturated heterocycles. The number of aryl methyl sites for hydroxylation is 2. The van der Waals surface area contributed by atoms with E-state index in [0.29, 0.717) is 24.9 Å². The van der Waals surface area contributed by atoms with Crippen LogP contribution >= 0.6 is 23.1 Å². The molecule has 1 saturated carbocycles. The molecule has 1 aliphatic rings. The molecule has 1 N–H and O–H groups in total. The van der Waals surface area contributed by atoms with Gasteiger partial charge < -0.3 is 10.1 Å². The van der Waals surface area contributed by atoms with Gasteiger partial charge in [-0.2, -0.15) is 0 Å². The Kier molecular flexibility index (Phi) is 7.76. The van der Waals surface area contributed by atoms with E-state index >= 15 is 0 Å². The summed E-state index contributed by atoms with van der Waals surface area (Å²) in [5.41, 5.74) is 1.08. The molecule has 0 radical (unpaired) electrons. The van der Waals surface area contributed by atoms with Crippen LogP contribution < -0.4 is 10.9 Å². The number of carbonyl (C=O) groups is 1. The van der Waals surface area contributed by atoms with Crippen molar-refractivity contribution in [3.63, 3.8) is 0 Å². The van der Waals surface area contributed by atoms with Crippen molar-refractivity contribution in [1.29, 1.82) is 0 Å². The van der Waals surface area contributed by atoms with Gasteiger partial charge in [0.1, 0.15) is 4.83 Å². The topological polar surface area (TPSA) is 73.2 Å². The van der Waals surface area contributed by atoms with Gasteiger partial charge in [-0.3, -0.25) is 14.2 Å². The molecule has 160 valence electrons. The molecule has 2 aromatic heterocycles. The van der Waals surface area contributed by atoms with Crippen molar-refractivity contribution in [2.75, 3.05) is 19.8 Å². The molecule has 3 rings (SSSR count). The quantitative estimate of drug-likeness (QED) is 0.361. The molecule has 0 aromatic carbocycles. The van der Waals surface area contributed by atoms with Crippen molar-refractivity contribution >= 4 is 39.2 Å². The number of rotatable bonds is 9. The number of hydrogen-bond donors (Lipinski definition) is 1. The number of aromatic nitrogens is 2. The Labute approximate surface area is 180 Å². The standard InChI is InChI=1S/C21H31N3O3S2/c1-5-27-12-8-11-22-18(25)15(4)29-21-23-19-17(13(2)14(3)28-19)20(26)24(21)16-9-6-7-10-16/h15-16H,5-12H2,1-4H3,(H,22,25). The molecule has 2 aromatic rings. The van der Waals surface area contributed by atoms with Gasteiger partial charge in [-0.25, -0.2) is 4.98 Å². The SMILES string of the molecule is CCOCCCNC(=O)C(C)Sc1nc2sc(C)c(C)c2c(=O)n1C1CCCC1. The van der Waals surface area contributed by atoms with Crippen molar-refractivity contribution in [2.45, 2.75) is 76.2 Å². The van der Waals surface area contributed by atoms with Crippen LogP contribution in [0.4, 0.5) is 0 Å². The molecule has 6 nitrogen and oxygen atoms in total. The first-order valence-corrected chi connectivity index (χ1v) is 12.2. The summed E-state index contributed by atoms with van der Waals surface area (Å²) in [4.78, 5) is 32.7. The zero-order valence-electron chi connectivity index (χ0n) is 17.7. The minimum Gasteiger partial charge on any atom is -0.382 e. The minimum atomic E-state index is -0.318.